The molecule has 14 heavy (non-hydrogen) atoms. The molecule has 0 radical (unpaired) electrons. The SMILES string of the molecule is Nc1cc(C2CCS(=O)(=O)CC2)[nH]n1. The molecule has 0 aromatic carbocycles. The van der Waals surface area contributed by atoms with Crippen molar-refractivity contribution in [1.29, 1.82) is 0 Å². The van der Waals surface area contributed by atoms with E-state index in [9.17, 15) is 8.42 Å². The third-order valence-electron chi connectivity index (χ3n) is 2.61. The molecule has 0 aliphatic carbocycles. The van der Waals surface area contributed by atoms with Crippen LogP contribution in [-0.4, -0.2) is 30.1 Å². The van der Waals surface area contributed by atoms with Crippen molar-refractivity contribution < 1.29 is 8.42 Å². The van der Waals surface area contributed by atoms with Gasteiger partial charge >= 0.3 is 0 Å². The summed E-state index contributed by atoms with van der Waals surface area (Å²) in [4.78, 5) is 0. The van der Waals surface area contributed by atoms with Crippen molar-refractivity contribution in [3.63, 3.8) is 0 Å². The van der Waals surface area contributed by atoms with Gasteiger partial charge in [0.1, 0.15) is 15.7 Å². The molecule has 0 saturated carbocycles. The molecule has 1 aliphatic heterocycles. The van der Waals surface area contributed by atoms with Gasteiger partial charge in [-0.15, -0.1) is 0 Å². The molecule has 2 heterocycles. The van der Waals surface area contributed by atoms with Crippen LogP contribution in [0.4, 0.5) is 5.82 Å². The molecule has 3 N–H and O–H groups in total. The second-order valence-corrected chi connectivity index (χ2v) is 5.98. The van der Waals surface area contributed by atoms with Gasteiger partial charge in [0.2, 0.25) is 0 Å². The van der Waals surface area contributed by atoms with Gasteiger partial charge in [0.05, 0.1) is 11.5 Å². The number of hydrogen-bond acceptors (Lipinski definition) is 4. The van der Waals surface area contributed by atoms with Crippen LogP contribution in [0.25, 0.3) is 0 Å². The third-order valence-corrected chi connectivity index (χ3v) is 4.33. The Morgan fingerprint density at radius 3 is 2.57 bits per heavy atom. The molecule has 0 atom stereocenters. The van der Waals surface area contributed by atoms with Crippen molar-refractivity contribution in [3.05, 3.63) is 11.8 Å². The normalized spacial score (nSPS) is 22.3. The minimum absolute atomic E-state index is 0.267. The van der Waals surface area contributed by atoms with E-state index in [0.29, 0.717) is 18.7 Å². The van der Waals surface area contributed by atoms with Gasteiger partial charge in [-0.2, -0.15) is 5.10 Å². The monoisotopic (exact) mass is 215 g/mol. The molecule has 78 valence electrons. The molecule has 0 amide bonds. The first-order valence-corrected chi connectivity index (χ1v) is 6.40. The van der Waals surface area contributed by atoms with E-state index >= 15 is 0 Å². The topological polar surface area (TPSA) is 88.8 Å². The molecule has 1 aliphatic rings. The highest BCUT2D eigenvalue weighted by Gasteiger charge is 2.25. The van der Waals surface area contributed by atoms with Gasteiger partial charge < -0.3 is 5.73 Å². The van der Waals surface area contributed by atoms with Gasteiger partial charge in [0.15, 0.2) is 0 Å². The van der Waals surface area contributed by atoms with E-state index in [0.717, 1.165) is 5.69 Å². The Labute approximate surface area is 82.6 Å². The maximum Gasteiger partial charge on any atom is 0.150 e. The Morgan fingerprint density at radius 2 is 2.07 bits per heavy atom. The summed E-state index contributed by atoms with van der Waals surface area (Å²) < 4.78 is 22.4. The predicted molar refractivity (Wildman–Crippen MR) is 53.6 cm³/mol. The molecule has 1 aromatic heterocycles. The second-order valence-electron chi connectivity index (χ2n) is 3.67. The van der Waals surface area contributed by atoms with Crippen LogP contribution >= 0.6 is 0 Å². The average molecular weight is 215 g/mol. The predicted octanol–water partition coefficient (Wildman–Crippen LogP) is 0.284. The lowest BCUT2D eigenvalue weighted by Gasteiger charge is -2.20. The quantitative estimate of drug-likeness (QED) is 0.704. The van der Waals surface area contributed by atoms with E-state index in [4.69, 9.17) is 5.73 Å². The summed E-state index contributed by atoms with van der Waals surface area (Å²) >= 11 is 0. The molecule has 1 fully saturated rings. The number of nitrogens with zero attached hydrogens (tertiary/aromatic N) is 1. The number of anilines is 1. The number of nitrogen functional groups attached to an aromatic ring is 1. The maximum absolute atomic E-state index is 11.2. The van der Waals surface area contributed by atoms with Crippen LogP contribution in [0.2, 0.25) is 0 Å². The molecular weight excluding hydrogens is 202 g/mol. The fraction of sp³-hybridized carbons (Fsp3) is 0.625. The van der Waals surface area contributed by atoms with Crippen LogP contribution in [0.15, 0.2) is 6.07 Å². The first-order chi connectivity index (χ1) is 6.57. The number of nitrogens with two attached hydrogens (primary N) is 1. The number of nitrogens with one attached hydrogen (secondary N) is 1. The maximum atomic E-state index is 11.2. The van der Waals surface area contributed by atoms with E-state index in [2.05, 4.69) is 10.2 Å². The molecular formula is C8H13N3O2S. The zero-order valence-corrected chi connectivity index (χ0v) is 8.55. The van der Waals surface area contributed by atoms with E-state index in [1.54, 1.807) is 6.07 Å². The summed E-state index contributed by atoms with van der Waals surface area (Å²) in [5.74, 6) is 1.28. The summed E-state index contributed by atoms with van der Waals surface area (Å²) in [7, 11) is -2.78. The summed E-state index contributed by atoms with van der Waals surface area (Å²) in [5, 5.41) is 6.66. The van der Waals surface area contributed by atoms with Crippen molar-refractivity contribution >= 4 is 15.7 Å². The minimum Gasteiger partial charge on any atom is -0.382 e. The van der Waals surface area contributed by atoms with Gasteiger partial charge in [-0.3, -0.25) is 5.10 Å². The van der Waals surface area contributed by atoms with Crippen molar-refractivity contribution in [3.8, 4) is 0 Å². The smallest absolute Gasteiger partial charge is 0.150 e. The Kier molecular flexibility index (Phi) is 2.22. The number of hydrogen-bond donors (Lipinski definition) is 2. The summed E-state index contributed by atoms with van der Waals surface area (Å²) in [6, 6.07) is 1.78. The highest BCUT2D eigenvalue weighted by atomic mass is 32.2. The molecule has 1 saturated heterocycles. The van der Waals surface area contributed by atoms with Crippen LogP contribution in [0.1, 0.15) is 24.5 Å². The van der Waals surface area contributed by atoms with Gasteiger partial charge in [-0.25, -0.2) is 8.42 Å². The summed E-state index contributed by atoms with van der Waals surface area (Å²) in [5.41, 5.74) is 6.43. The van der Waals surface area contributed by atoms with Crippen LogP contribution in [0.3, 0.4) is 0 Å². The Morgan fingerprint density at radius 1 is 1.43 bits per heavy atom. The fourth-order valence-corrected chi connectivity index (χ4v) is 3.25. The summed E-state index contributed by atoms with van der Waals surface area (Å²) in [6.07, 6.45) is 1.34. The number of aromatic amines is 1. The van der Waals surface area contributed by atoms with E-state index in [-0.39, 0.29) is 17.4 Å². The van der Waals surface area contributed by atoms with Gasteiger partial charge in [-0.05, 0) is 12.8 Å². The molecule has 0 unspecified atom stereocenters. The first kappa shape index (κ1) is 9.51. The lowest BCUT2D eigenvalue weighted by Crippen LogP contribution is -2.22. The minimum atomic E-state index is -2.78. The molecule has 5 nitrogen and oxygen atoms in total. The fourth-order valence-electron chi connectivity index (χ4n) is 1.76. The Balaban J connectivity index is 2.09. The lowest BCUT2D eigenvalue weighted by molar-refractivity contribution is 0.544. The van der Waals surface area contributed by atoms with E-state index in [1.165, 1.54) is 0 Å². The Bertz CT molecular complexity index is 410. The average Bonchev–Trinajstić information content (AvgIpc) is 2.52. The molecule has 1 aromatic rings. The van der Waals surface area contributed by atoms with Crippen molar-refractivity contribution in [2.24, 2.45) is 0 Å². The van der Waals surface area contributed by atoms with Crippen LogP contribution < -0.4 is 5.73 Å². The zero-order chi connectivity index (χ0) is 10.2. The molecule has 2 rings (SSSR count). The van der Waals surface area contributed by atoms with Gasteiger partial charge in [-0.1, -0.05) is 0 Å². The van der Waals surface area contributed by atoms with Crippen LogP contribution in [0.5, 0.6) is 0 Å². The van der Waals surface area contributed by atoms with Crippen LogP contribution in [0, 0.1) is 0 Å². The van der Waals surface area contributed by atoms with Gasteiger partial charge in [0.25, 0.3) is 0 Å². The Hall–Kier alpha value is -1.04. The van der Waals surface area contributed by atoms with E-state index < -0.39 is 9.84 Å². The second kappa shape index (κ2) is 3.27. The number of rotatable bonds is 1. The largest absolute Gasteiger partial charge is 0.382 e. The molecule has 0 spiro atoms. The van der Waals surface area contributed by atoms with Crippen molar-refractivity contribution in [1.82, 2.24) is 10.2 Å². The van der Waals surface area contributed by atoms with Crippen molar-refractivity contribution in [2.45, 2.75) is 18.8 Å². The zero-order valence-electron chi connectivity index (χ0n) is 7.73. The van der Waals surface area contributed by atoms with Crippen molar-refractivity contribution in [2.75, 3.05) is 17.2 Å². The van der Waals surface area contributed by atoms with Crippen LogP contribution in [-0.2, 0) is 9.84 Å². The third kappa shape index (κ3) is 1.89. The summed E-state index contributed by atoms with van der Waals surface area (Å²) in [6.45, 7) is 0. The highest BCUT2D eigenvalue weighted by molar-refractivity contribution is 7.91. The standard InChI is InChI=1S/C8H13N3O2S/c9-8-5-7(10-11-8)6-1-3-14(12,13)4-2-6/h5-6H,1-4H2,(H3,9,10,11). The lowest BCUT2D eigenvalue weighted by atomic mass is 9.99. The highest BCUT2D eigenvalue weighted by Crippen LogP contribution is 2.28. The first-order valence-electron chi connectivity index (χ1n) is 4.58. The number of sulfone groups is 1. The van der Waals surface area contributed by atoms with Gasteiger partial charge in [0, 0.05) is 17.7 Å². The molecule has 0 bridgehead atoms. The number of aromatic nitrogens is 2. The molecule has 6 heteroatoms. The van der Waals surface area contributed by atoms with E-state index in [1.807, 2.05) is 0 Å². The number of H-pyrrole nitrogens is 1.